The summed E-state index contributed by atoms with van der Waals surface area (Å²) in [5.41, 5.74) is 0.943. The molecule has 0 atom stereocenters. The topological polar surface area (TPSA) is 67.9 Å². The molecule has 2 rings (SSSR count). The number of amides is 2. The van der Waals surface area contributed by atoms with Gasteiger partial charge in [-0.25, -0.2) is 0 Å². The fraction of sp³-hybridized carbons (Fsp3) is 0.200. The van der Waals surface area contributed by atoms with Crippen molar-refractivity contribution in [3.8, 4) is 11.5 Å². The summed E-state index contributed by atoms with van der Waals surface area (Å²) in [5, 5.41) is 3.58. The van der Waals surface area contributed by atoms with Gasteiger partial charge in [0.25, 0.3) is 0 Å². The number of benzene rings is 2. The van der Waals surface area contributed by atoms with E-state index in [2.05, 4.69) is 5.32 Å². The monoisotopic (exact) mass is 456 g/mol. The molecule has 0 radical (unpaired) electrons. The Hall–Kier alpha value is -2.41. The Balaban J connectivity index is 2.03. The lowest BCUT2D eigenvalue weighted by molar-refractivity contribution is -0.129. The maximum atomic E-state index is 12.3. The van der Waals surface area contributed by atoms with Gasteiger partial charge in [0.1, 0.15) is 0 Å². The molecule has 2 aromatic rings. The lowest BCUT2D eigenvalue weighted by atomic mass is 10.2. The first-order valence-electron chi connectivity index (χ1n) is 8.35. The van der Waals surface area contributed by atoms with E-state index in [9.17, 15) is 9.59 Å². The van der Waals surface area contributed by atoms with Gasteiger partial charge in [0.2, 0.25) is 11.8 Å². The van der Waals surface area contributed by atoms with Crippen molar-refractivity contribution in [1.82, 2.24) is 4.90 Å². The largest absolute Gasteiger partial charge is 0.493 e. The van der Waals surface area contributed by atoms with Gasteiger partial charge in [0.05, 0.1) is 41.5 Å². The molecule has 9 heteroatoms. The SMILES string of the molecule is COc1cc(/C=C/C(=O)N(C)CC(=O)Nc2c(Cl)cccc2Cl)cc(Cl)c1OC. The molecule has 0 aliphatic heterocycles. The first kappa shape index (κ1) is 22.9. The zero-order valence-electron chi connectivity index (χ0n) is 16.0. The van der Waals surface area contributed by atoms with E-state index in [1.807, 2.05) is 0 Å². The highest BCUT2D eigenvalue weighted by Crippen LogP contribution is 2.36. The standard InChI is InChI=1S/C20H19Cl3N2O4/c1-25(11-17(26)24-19-13(21)5-4-6-14(19)22)18(27)8-7-12-9-15(23)20(29-3)16(10-12)28-2/h4-10H,11H2,1-3H3,(H,24,26)/b8-7+. The second-order valence-electron chi connectivity index (χ2n) is 5.91. The number of rotatable bonds is 7. The molecule has 0 aliphatic rings. The number of carbonyl (C=O) groups is 2. The van der Waals surface area contributed by atoms with Crippen molar-refractivity contribution >= 4 is 58.4 Å². The van der Waals surface area contributed by atoms with Gasteiger partial charge in [-0.15, -0.1) is 0 Å². The molecule has 0 aliphatic carbocycles. The Morgan fingerprint density at radius 2 is 1.72 bits per heavy atom. The number of hydrogen-bond acceptors (Lipinski definition) is 4. The molecule has 6 nitrogen and oxygen atoms in total. The number of hydrogen-bond donors (Lipinski definition) is 1. The molecule has 2 aromatic carbocycles. The lowest BCUT2D eigenvalue weighted by Gasteiger charge is -2.16. The Labute approximate surface area is 183 Å². The van der Waals surface area contributed by atoms with Crippen LogP contribution < -0.4 is 14.8 Å². The normalized spacial score (nSPS) is 10.7. The van der Waals surface area contributed by atoms with E-state index >= 15 is 0 Å². The van der Waals surface area contributed by atoms with Crippen molar-refractivity contribution in [1.29, 1.82) is 0 Å². The second-order valence-corrected chi connectivity index (χ2v) is 7.13. The smallest absolute Gasteiger partial charge is 0.246 e. The van der Waals surface area contributed by atoms with E-state index in [-0.39, 0.29) is 12.5 Å². The molecule has 0 fully saturated rings. The van der Waals surface area contributed by atoms with Gasteiger partial charge in [-0.3, -0.25) is 9.59 Å². The maximum absolute atomic E-state index is 12.3. The summed E-state index contributed by atoms with van der Waals surface area (Å²) in [6.45, 7) is -0.183. The van der Waals surface area contributed by atoms with Gasteiger partial charge in [-0.1, -0.05) is 40.9 Å². The van der Waals surface area contributed by atoms with E-state index in [1.165, 1.54) is 32.2 Å². The summed E-state index contributed by atoms with van der Waals surface area (Å²) in [6, 6.07) is 8.20. The maximum Gasteiger partial charge on any atom is 0.246 e. The number of carbonyl (C=O) groups excluding carboxylic acids is 2. The molecule has 0 saturated heterocycles. The molecule has 0 unspecified atom stereocenters. The van der Waals surface area contributed by atoms with E-state index in [1.54, 1.807) is 36.4 Å². The first-order valence-corrected chi connectivity index (χ1v) is 9.48. The van der Waals surface area contributed by atoms with Crippen LogP contribution in [0, 0.1) is 0 Å². The van der Waals surface area contributed by atoms with Gasteiger partial charge in [0, 0.05) is 13.1 Å². The number of nitrogens with one attached hydrogen (secondary N) is 1. The molecule has 0 heterocycles. The van der Waals surface area contributed by atoms with Crippen molar-refractivity contribution in [3.05, 3.63) is 57.0 Å². The van der Waals surface area contributed by atoms with Crippen LogP contribution in [0.15, 0.2) is 36.4 Å². The van der Waals surface area contributed by atoms with Gasteiger partial charge < -0.3 is 19.7 Å². The van der Waals surface area contributed by atoms with Crippen LogP contribution in [0.3, 0.4) is 0 Å². The van der Waals surface area contributed by atoms with Gasteiger partial charge in [-0.2, -0.15) is 0 Å². The van der Waals surface area contributed by atoms with E-state index in [0.717, 1.165) is 0 Å². The minimum Gasteiger partial charge on any atom is -0.493 e. The third-order valence-corrected chi connectivity index (χ3v) is 4.77. The van der Waals surface area contributed by atoms with Crippen molar-refractivity contribution < 1.29 is 19.1 Å². The highest BCUT2D eigenvalue weighted by molar-refractivity contribution is 6.39. The molecule has 0 aromatic heterocycles. The quantitative estimate of drug-likeness (QED) is 0.608. The molecule has 0 spiro atoms. The van der Waals surface area contributed by atoms with Crippen LogP contribution >= 0.6 is 34.8 Å². The highest BCUT2D eigenvalue weighted by Gasteiger charge is 2.14. The predicted octanol–water partition coefficient (Wildman–Crippen LogP) is 4.77. The van der Waals surface area contributed by atoms with E-state index in [0.29, 0.717) is 37.8 Å². The first-order chi connectivity index (χ1) is 13.8. The zero-order valence-corrected chi connectivity index (χ0v) is 18.2. The van der Waals surface area contributed by atoms with Crippen LogP contribution in [0.4, 0.5) is 5.69 Å². The Bertz CT molecular complexity index is 927. The van der Waals surface area contributed by atoms with Crippen molar-refractivity contribution in [2.24, 2.45) is 0 Å². The van der Waals surface area contributed by atoms with Gasteiger partial charge in [0.15, 0.2) is 11.5 Å². The van der Waals surface area contributed by atoms with Crippen molar-refractivity contribution in [2.45, 2.75) is 0 Å². The summed E-state index contributed by atoms with van der Waals surface area (Å²) < 4.78 is 10.4. The summed E-state index contributed by atoms with van der Waals surface area (Å²) in [6.07, 6.45) is 2.89. The van der Waals surface area contributed by atoms with E-state index in [4.69, 9.17) is 44.3 Å². The molecular formula is C20H19Cl3N2O4. The Morgan fingerprint density at radius 1 is 1.07 bits per heavy atom. The number of anilines is 1. The number of likely N-dealkylation sites (N-methyl/N-ethyl adjacent to an activating group) is 1. The molecule has 154 valence electrons. The average molecular weight is 458 g/mol. The Kier molecular flexibility index (Phi) is 8.20. The zero-order chi connectivity index (χ0) is 21.6. The summed E-state index contributed by atoms with van der Waals surface area (Å²) in [5.74, 6) is 0.0378. The number of methoxy groups -OCH3 is 2. The molecule has 2 amide bonds. The molecule has 1 N–H and O–H groups in total. The van der Waals surface area contributed by atoms with Crippen LogP contribution in [0.1, 0.15) is 5.56 Å². The molecular weight excluding hydrogens is 439 g/mol. The van der Waals surface area contributed by atoms with Crippen LogP contribution in [-0.2, 0) is 9.59 Å². The van der Waals surface area contributed by atoms with Gasteiger partial charge in [-0.05, 0) is 35.9 Å². The van der Waals surface area contributed by atoms with Crippen molar-refractivity contribution in [2.75, 3.05) is 33.1 Å². The molecule has 0 bridgehead atoms. The molecule has 0 saturated carbocycles. The van der Waals surface area contributed by atoms with Crippen LogP contribution in [0.25, 0.3) is 6.08 Å². The molecule has 29 heavy (non-hydrogen) atoms. The highest BCUT2D eigenvalue weighted by atomic mass is 35.5. The number of halogens is 3. The van der Waals surface area contributed by atoms with Gasteiger partial charge >= 0.3 is 0 Å². The summed E-state index contributed by atoms with van der Waals surface area (Å²) in [7, 11) is 4.48. The third-order valence-electron chi connectivity index (χ3n) is 3.86. The third kappa shape index (κ3) is 6.03. The lowest BCUT2D eigenvalue weighted by Crippen LogP contribution is -2.34. The predicted molar refractivity (Wildman–Crippen MR) is 116 cm³/mol. The van der Waals surface area contributed by atoms with Crippen molar-refractivity contribution in [3.63, 3.8) is 0 Å². The van der Waals surface area contributed by atoms with Crippen LogP contribution in [-0.4, -0.2) is 44.5 Å². The minimum atomic E-state index is -0.432. The van der Waals surface area contributed by atoms with Crippen LogP contribution in [0.2, 0.25) is 15.1 Å². The minimum absolute atomic E-state index is 0.183. The fourth-order valence-corrected chi connectivity index (χ4v) is 3.21. The average Bonchev–Trinajstić information content (AvgIpc) is 2.68. The fourth-order valence-electron chi connectivity index (χ4n) is 2.42. The Morgan fingerprint density at radius 3 is 2.31 bits per heavy atom. The number of para-hydroxylation sites is 1. The number of ether oxygens (including phenoxy) is 2. The number of nitrogens with zero attached hydrogens (tertiary/aromatic N) is 1. The van der Waals surface area contributed by atoms with E-state index < -0.39 is 5.91 Å². The van der Waals surface area contributed by atoms with Crippen LogP contribution in [0.5, 0.6) is 11.5 Å². The second kappa shape index (κ2) is 10.4. The summed E-state index contributed by atoms with van der Waals surface area (Å²) in [4.78, 5) is 25.8. The summed E-state index contributed by atoms with van der Waals surface area (Å²) >= 11 is 18.2.